The van der Waals surface area contributed by atoms with Crippen molar-refractivity contribution in [2.75, 3.05) is 13.1 Å². The Morgan fingerprint density at radius 1 is 1.58 bits per heavy atom. The molecule has 2 aromatic rings. The van der Waals surface area contributed by atoms with Crippen molar-refractivity contribution in [1.82, 2.24) is 15.0 Å². The number of aryl methyl sites for hydroxylation is 1. The van der Waals surface area contributed by atoms with Crippen LogP contribution in [0.3, 0.4) is 0 Å². The van der Waals surface area contributed by atoms with Gasteiger partial charge in [0.2, 0.25) is 11.7 Å². The van der Waals surface area contributed by atoms with Crippen LogP contribution in [-0.4, -0.2) is 34.0 Å². The van der Waals surface area contributed by atoms with Crippen LogP contribution in [0.15, 0.2) is 25.7 Å². The lowest BCUT2D eigenvalue weighted by atomic mass is 10.1. The molecule has 3 heterocycles. The summed E-state index contributed by atoms with van der Waals surface area (Å²) in [7, 11) is 0. The number of likely N-dealkylation sites (tertiary alicyclic amines) is 1. The Labute approximate surface area is 117 Å². The van der Waals surface area contributed by atoms with Crippen LogP contribution >= 0.6 is 15.9 Å². The number of hydrogen-bond donors (Lipinski definition) is 0. The molecule has 0 saturated carbocycles. The Hall–Kier alpha value is -1.63. The first kappa shape index (κ1) is 12.4. The maximum atomic E-state index is 12.2. The first-order chi connectivity index (χ1) is 9.15. The fourth-order valence-electron chi connectivity index (χ4n) is 2.22. The van der Waals surface area contributed by atoms with E-state index < -0.39 is 0 Å². The van der Waals surface area contributed by atoms with Gasteiger partial charge in [-0.1, -0.05) is 5.16 Å². The average Bonchev–Trinajstić information content (AvgIpc) is 3.07. The molecule has 19 heavy (non-hydrogen) atoms. The van der Waals surface area contributed by atoms with Gasteiger partial charge in [0.1, 0.15) is 0 Å². The van der Waals surface area contributed by atoms with E-state index in [0.29, 0.717) is 35.0 Å². The number of hydrogen-bond acceptors (Lipinski definition) is 5. The Bertz CT molecular complexity index is 607. The van der Waals surface area contributed by atoms with Crippen molar-refractivity contribution in [2.45, 2.75) is 19.3 Å². The highest BCUT2D eigenvalue weighted by atomic mass is 79.9. The standard InChI is InChI=1S/C12H12BrN3O3/c1-7-14-11(19-15-7)8-2-4-16(6-8)12(17)10-9(13)3-5-18-10/h3,5,8H,2,4,6H2,1H3/t8-/m1/s1. The molecule has 1 fully saturated rings. The number of aromatic nitrogens is 2. The third-order valence-electron chi connectivity index (χ3n) is 3.18. The number of halogens is 1. The maximum Gasteiger partial charge on any atom is 0.290 e. The molecule has 7 heteroatoms. The molecular weight excluding hydrogens is 314 g/mol. The predicted octanol–water partition coefficient (Wildman–Crippen LogP) is 2.36. The molecule has 0 spiro atoms. The summed E-state index contributed by atoms with van der Waals surface area (Å²) >= 11 is 3.30. The van der Waals surface area contributed by atoms with Gasteiger partial charge in [-0.2, -0.15) is 4.98 Å². The summed E-state index contributed by atoms with van der Waals surface area (Å²) in [6, 6.07) is 1.71. The number of carbonyl (C=O) groups is 1. The van der Waals surface area contributed by atoms with Gasteiger partial charge in [-0.15, -0.1) is 0 Å². The van der Waals surface area contributed by atoms with Crippen molar-refractivity contribution in [3.05, 3.63) is 34.3 Å². The van der Waals surface area contributed by atoms with Crippen molar-refractivity contribution in [3.8, 4) is 0 Å². The smallest absolute Gasteiger partial charge is 0.290 e. The van der Waals surface area contributed by atoms with Gasteiger partial charge in [0.15, 0.2) is 5.82 Å². The predicted molar refractivity (Wildman–Crippen MR) is 68.7 cm³/mol. The highest BCUT2D eigenvalue weighted by Crippen LogP contribution is 2.28. The Morgan fingerprint density at radius 2 is 2.42 bits per heavy atom. The molecule has 2 aromatic heterocycles. The van der Waals surface area contributed by atoms with E-state index >= 15 is 0 Å². The first-order valence-electron chi connectivity index (χ1n) is 5.97. The summed E-state index contributed by atoms with van der Waals surface area (Å²) in [4.78, 5) is 18.2. The third kappa shape index (κ3) is 2.30. The molecule has 6 nitrogen and oxygen atoms in total. The fraction of sp³-hybridized carbons (Fsp3) is 0.417. The van der Waals surface area contributed by atoms with Gasteiger partial charge < -0.3 is 13.8 Å². The van der Waals surface area contributed by atoms with Gasteiger partial charge in [0.05, 0.1) is 16.7 Å². The van der Waals surface area contributed by atoms with Crippen molar-refractivity contribution < 1.29 is 13.7 Å². The largest absolute Gasteiger partial charge is 0.458 e. The number of amides is 1. The van der Waals surface area contributed by atoms with Crippen molar-refractivity contribution >= 4 is 21.8 Å². The Balaban J connectivity index is 1.72. The van der Waals surface area contributed by atoms with Gasteiger partial charge in [0, 0.05) is 13.1 Å². The minimum Gasteiger partial charge on any atom is -0.458 e. The minimum absolute atomic E-state index is 0.110. The van der Waals surface area contributed by atoms with E-state index in [9.17, 15) is 4.79 Å². The van der Waals surface area contributed by atoms with Crippen LogP contribution in [0.25, 0.3) is 0 Å². The van der Waals surface area contributed by atoms with E-state index in [0.717, 1.165) is 6.42 Å². The highest BCUT2D eigenvalue weighted by Gasteiger charge is 2.33. The SMILES string of the molecule is Cc1noc([C@@H]2CCN(C(=O)c3occc3Br)C2)n1. The summed E-state index contributed by atoms with van der Waals surface area (Å²) in [6.07, 6.45) is 2.32. The van der Waals surface area contributed by atoms with Crippen LogP contribution < -0.4 is 0 Å². The van der Waals surface area contributed by atoms with E-state index in [1.54, 1.807) is 17.9 Å². The van der Waals surface area contributed by atoms with Crippen LogP contribution in [0.2, 0.25) is 0 Å². The molecule has 0 aliphatic carbocycles. The third-order valence-corrected chi connectivity index (χ3v) is 3.80. The molecule has 1 atom stereocenters. The van der Waals surface area contributed by atoms with Crippen LogP contribution in [0.4, 0.5) is 0 Å². The maximum absolute atomic E-state index is 12.2. The summed E-state index contributed by atoms with van der Waals surface area (Å²) < 4.78 is 11.0. The average molecular weight is 326 g/mol. The molecule has 1 amide bonds. The molecule has 1 aliphatic rings. The normalized spacial score (nSPS) is 19.1. The molecule has 1 saturated heterocycles. The lowest BCUT2D eigenvalue weighted by Gasteiger charge is -2.14. The zero-order valence-corrected chi connectivity index (χ0v) is 11.9. The topological polar surface area (TPSA) is 72.4 Å². The zero-order valence-electron chi connectivity index (χ0n) is 10.3. The first-order valence-corrected chi connectivity index (χ1v) is 6.77. The summed E-state index contributed by atoms with van der Waals surface area (Å²) in [5.74, 6) is 1.55. The van der Waals surface area contributed by atoms with Crippen LogP contribution in [0, 0.1) is 6.92 Å². The molecule has 0 bridgehead atoms. The summed E-state index contributed by atoms with van der Waals surface area (Å²) in [5, 5.41) is 3.78. The van der Waals surface area contributed by atoms with Crippen LogP contribution in [0.1, 0.15) is 34.6 Å². The van der Waals surface area contributed by atoms with Crippen molar-refractivity contribution in [1.29, 1.82) is 0 Å². The molecule has 3 rings (SSSR count). The van der Waals surface area contributed by atoms with Gasteiger partial charge in [0.25, 0.3) is 5.91 Å². The van der Waals surface area contributed by atoms with E-state index in [1.165, 1.54) is 6.26 Å². The summed E-state index contributed by atoms with van der Waals surface area (Å²) in [6.45, 7) is 3.02. The fourth-order valence-corrected chi connectivity index (χ4v) is 2.59. The van der Waals surface area contributed by atoms with E-state index in [2.05, 4.69) is 26.1 Å². The lowest BCUT2D eigenvalue weighted by Crippen LogP contribution is -2.28. The second-order valence-corrected chi connectivity index (χ2v) is 5.37. The Morgan fingerprint density at radius 3 is 3.05 bits per heavy atom. The van der Waals surface area contributed by atoms with Gasteiger partial charge in [-0.05, 0) is 35.3 Å². The molecular formula is C12H12BrN3O3. The van der Waals surface area contributed by atoms with Crippen LogP contribution in [0.5, 0.6) is 0 Å². The number of carbonyl (C=O) groups excluding carboxylic acids is 1. The number of furan rings is 1. The molecule has 0 unspecified atom stereocenters. The molecule has 1 aliphatic heterocycles. The van der Waals surface area contributed by atoms with E-state index in [4.69, 9.17) is 8.94 Å². The van der Waals surface area contributed by atoms with Gasteiger partial charge in [-0.25, -0.2) is 0 Å². The second kappa shape index (κ2) is 4.80. The highest BCUT2D eigenvalue weighted by molar-refractivity contribution is 9.10. The van der Waals surface area contributed by atoms with Gasteiger partial charge >= 0.3 is 0 Å². The zero-order chi connectivity index (χ0) is 13.4. The van der Waals surface area contributed by atoms with E-state index in [1.807, 2.05) is 0 Å². The number of rotatable bonds is 2. The number of nitrogens with zero attached hydrogens (tertiary/aromatic N) is 3. The monoisotopic (exact) mass is 325 g/mol. The molecule has 0 aromatic carbocycles. The van der Waals surface area contributed by atoms with Crippen LogP contribution in [-0.2, 0) is 0 Å². The Kier molecular flexibility index (Phi) is 3.14. The minimum atomic E-state index is -0.115. The summed E-state index contributed by atoms with van der Waals surface area (Å²) in [5.41, 5.74) is 0. The molecule has 100 valence electrons. The second-order valence-electron chi connectivity index (χ2n) is 4.51. The van der Waals surface area contributed by atoms with Gasteiger partial charge in [-0.3, -0.25) is 4.79 Å². The van der Waals surface area contributed by atoms with E-state index in [-0.39, 0.29) is 11.8 Å². The molecule has 0 N–H and O–H groups in total. The van der Waals surface area contributed by atoms with Crippen molar-refractivity contribution in [3.63, 3.8) is 0 Å². The quantitative estimate of drug-likeness (QED) is 0.847. The lowest BCUT2D eigenvalue weighted by molar-refractivity contribution is 0.0757. The van der Waals surface area contributed by atoms with Crippen molar-refractivity contribution in [2.24, 2.45) is 0 Å². The molecule has 0 radical (unpaired) electrons.